The highest BCUT2D eigenvalue weighted by atomic mass is 19.3. The van der Waals surface area contributed by atoms with Gasteiger partial charge in [-0.1, -0.05) is 55.5 Å². The van der Waals surface area contributed by atoms with Crippen molar-refractivity contribution < 1.29 is 27.8 Å². The van der Waals surface area contributed by atoms with E-state index in [9.17, 15) is 18.7 Å². The molecule has 0 radical (unpaired) electrons. The van der Waals surface area contributed by atoms with Crippen molar-refractivity contribution in [3.8, 4) is 5.75 Å². The van der Waals surface area contributed by atoms with E-state index in [4.69, 9.17) is 19.1 Å². The second-order valence-electron chi connectivity index (χ2n) is 13.2. The summed E-state index contributed by atoms with van der Waals surface area (Å²) in [5.41, 5.74) is 5.58. The average Bonchev–Trinajstić information content (AvgIpc) is 3.84. The number of ether oxygens (including phenoxy) is 1. The summed E-state index contributed by atoms with van der Waals surface area (Å²) >= 11 is 0. The molecular formula is C38H40F2N4O4. The molecule has 250 valence electrons. The molecule has 2 aromatic heterocycles. The van der Waals surface area contributed by atoms with Crippen molar-refractivity contribution in [2.45, 2.75) is 70.7 Å². The molecule has 1 N–H and O–H groups in total. The minimum atomic E-state index is -3.06. The van der Waals surface area contributed by atoms with Gasteiger partial charge in [-0.15, -0.1) is 0 Å². The maximum Gasteiger partial charge on any atom is 0.387 e. The number of aryl methyl sites for hydroxylation is 1. The van der Waals surface area contributed by atoms with Crippen molar-refractivity contribution in [1.82, 2.24) is 19.8 Å². The van der Waals surface area contributed by atoms with Crippen LogP contribution in [-0.2, 0) is 23.3 Å². The van der Waals surface area contributed by atoms with Crippen molar-refractivity contribution in [3.63, 3.8) is 0 Å². The van der Waals surface area contributed by atoms with E-state index < -0.39 is 24.0 Å². The highest BCUT2D eigenvalue weighted by molar-refractivity contribution is 5.79. The summed E-state index contributed by atoms with van der Waals surface area (Å²) in [6.07, 6.45) is 11.8. The number of aromatic nitrogens is 2. The summed E-state index contributed by atoms with van der Waals surface area (Å²) in [6.45, 7) is 4.89. The molecule has 2 fully saturated rings. The quantitative estimate of drug-likeness (QED) is 0.190. The summed E-state index contributed by atoms with van der Waals surface area (Å²) in [6, 6.07) is 14.9. The minimum Gasteiger partial charge on any atom is -0.480 e. The Morgan fingerprint density at radius 2 is 1.92 bits per heavy atom. The van der Waals surface area contributed by atoms with Crippen LogP contribution in [-0.4, -0.2) is 63.1 Å². The molecule has 2 saturated heterocycles. The molecule has 0 amide bonds. The lowest BCUT2D eigenvalue weighted by Crippen LogP contribution is -2.37. The van der Waals surface area contributed by atoms with Crippen LogP contribution in [0.15, 0.2) is 77.4 Å². The zero-order chi connectivity index (χ0) is 33.4. The van der Waals surface area contributed by atoms with Gasteiger partial charge < -0.3 is 14.3 Å². The predicted molar refractivity (Wildman–Crippen MR) is 179 cm³/mol. The van der Waals surface area contributed by atoms with E-state index in [2.05, 4.69) is 55.2 Å². The molecule has 4 heterocycles. The van der Waals surface area contributed by atoms with E-state index in [1.807, 2.05) is 24.4 Å². The SMILES string of the molecule is Cc1ccccc1C1=CC=CC(c2ccc(CN3CCCC3)cn2)(c2nc3cc(CN4CCC[C@H]4C(=O)O)c(OC(F)F)cc3o2)C1C. The van der Waals surface area contributed by atoms with Gasteiger partial charge in [-0.3, -0.25) is 19.6 Å². The number of likely N-dealkylation sites (tertiary alicyclic amines) is 2. The van der Waals surface area contributed by atoms with Gasteiger partial charge in [-0.2, -0.15) is 8.78 Å². The van der Waals surface area contributed by atoms with E-state index in [1.54, 1.807) is 11.0 Å². The molecule has 0 spiro atoms. The predicted octanol–water partition coefficient (Wildman–Crippen LogP) is 7.35. The topological polar surface area (TPSA) is 91.9 Å². The second-order valence-corrected chi connectivity index (χ2v) is 13.2. The first kappa shape index (κ1) is 32.2. The van der Waals surface area contributed by atoms with Crippen LogP contribution >= 0.6 is 0 Å². The number of allylic oxidation sites excluding steroid dienone is 4. The summed E-state index contributed by atoms with van der Waals surface area (Å²) in [5, 5.41) is 9.73. The van der Waals surface area contributed by atoms with Gasteiger partial charge in [0.25, 0.3) is 0 Å². The Kier molecular flexibility index (Phi) is 8.87. The smallest absolute Gasteiger partial charge is 0.387 e. The van der Waals surface area contributed by atoms with Gasteiger partial charge in [-0.05, 0) is 86.6 Å². The van der Waals surface area contributed by atoms with E-state index in [-0.39, 0.29) is 18.2 Å². The monoisotopic (exact) mass is 654 g/mol. The minimum absolute atomic E-state index is 0.0533. The molecular weight excluding hydrogens is 614 g/mol. The Morgan fingerprint density at radius 1 is 1.10 bits per heavy atom. The van der Waals surface area contributed by atoms with Crippen molar-refractivity contribution >= 4 is 22.6 Å². The zero-order valence-electron chi connectivity index (χ0n) is 27.2. The Morgan fingerprint density at radius 3 is 2.65 bits per heavy atom. The maximum atomic E-state index is 13.6. The molecule has 8 nitrogen and oxygen atoms in total. The lowest BCUT2D eigenvalue weighted by atomic mass is 9.66. The van der Waals surface area contributed by atoms with Crippen LogP contribution in [0.25, 0.3) is 16.7 Å². The lowest BCUT2D eigenvalue weighted by molar-refractivity contribution is -0.142. The van der Waals surface area contributed by atoms with Gasteiger partial charge in [0.05, 0.1) is 5.69 Å². The average molecular weight is 655 g/mol. The normalized spacial score (nSPS) is 23.3. The first-order chi connectivity index (χ1) is 23.2. The number of halogens is 2. The van der Waals surface area contributed by atoms with Crippen LogP contribution in [0.1, 0.15) is 66.4 Å². The number of alkyl halides is 2. The van der Waals surface area contributed by atoms with Gasteiger partial charge in [-0.25, -0.2) is 4.98 Å². The number of hydrogen-bond acceptors (Lipinski definition) is 7. The molecule has 4 aromatic rings. The standard InChI is InChI=1S/C38H40F2N4O4/c1-24-9-3-4-10-28(24)29-11-7-15-38(25(29)2,34-14-13-26(21-41-34)22-43-16-5-6-17-43)36-42-30-19-27(23-44-18-8-12-31(44)35(45)46)32(48-37(39)40)20-33(30)47-36/h3-4,7,9-11,13-15,19-21,25,31,37H,5-6,8,12,16-18,22-23H2,1-2H3,(H,45,46)/t25?,31-,38?/m0/s1. The summed E-state index contributed by atoms with van der Waals surface area (Å²) in [4.78, 5) is 26.2. The Balaban J connectivity index is 1.33. The second kappa shape index (κ2) is 13.2. The van der Waals surface area contributed by atoms with E-state index in [0.717, 1.165) is 47.6 Å². The molecule has 3 aliphatic rings. The first-order valence-corrected chi connectivity index (χ1v) is 16.7. The molecule has 7 rings (SSSR count). The van der Waals surface area contributed by atoms with Crippen molar-refractivity contribution in [1.29, 1.82) is 0 Å². The molecule has 48 heavy (non-hydrogen) atoms. The number of carbonyl (C=O) groups is 1. The number of aliphatic carboxylic acids is 1. The number of carboxylic acids is 1. The van der Waals surface area contributed by atoms with Crippen LogP contribution in [0, 0.1) is 12.8 Å². The number of rotatable bonds is 10. The van der Waals surface area contributed by atoms with Gasteiger partial charge in [0.15, 0.2) is 5.58 Å². The van der Waals surface area contributed by atoms with E-state index in [1.165, 1.54) is 18.9 Å². The fourth-order valence-corrected chi connectivity index (χ4v) is 7.71. The van der Waals surface area contributed by atoms with Crippen LogP contribution in [0.4, 0.5) is 8.78 Å². The van der Waals surface area contributed by atoms with Crippen molar-refractivity contribution in [2.24, 2.45) is 5.92 Å². The van der Waals surface area contributed by atoms with Gasteiger partial charge in [0, 0.05) is 36.8 Å². The van der Waals surface area contributed by atoms with Gasteiger partial charge in [0.2, 0.25) is 5.89 Å². The fraction of sp³-hybridized carbons (Fsp3) is 0.395. The molecule has 2 aromatic carbocycles. The first-order valence-electron chi connectivity index (χ1n) is 16.7. The van der Waals surface area contributed by atoms with Crippen LogP contribution in [0.2, 0.25) is 0 Å². The van der Waals surface area contributed by atoms with Gasteiger partial charge in [0.1, 0.15) is 22.7 Å². The maximum absolute atomic E-state index is 13.6. The third-order valence-corrected chi connectivity index (χ3v) is 10.3. The molecule has 3 atom stereocenters. The molecule has 1 aliphatic carbocycles. The third kappa shape index (κ3) is 6.03. The van der Waals surface area contributed by atoms with E-state index >= 15 is 0 Å². The largest absolute Gasteiger partial charge is 0.480 e. The highest BCUT2D eigenvalue weighted by Gasteiger charge is 2.47. The molecule has 10 heteroatoms. The lowest BCUT2D eigenvalue weighted by Gasteiger charge is -2.37. The number of pyridine rings is 1. The Bertz CT molecular complexity index is 1860. The summed E-state index contributed by atoms with van der Waals surface area (Å²) < 4.78 is 38.8. The number of nitrogens with zero attached hydrogens (tertiary/aromatic N) is 4. The number of benzene rings is 2. The number of oxazole rings is 1. The summed E-state index contributed by atoms with van der Waals surface area (Å²) in [5.74, 6) is -0.747. The highest BCUT2D eigenvalue weighted by Crippen LogP contribution is 2.49. The molecule has 2 aliphatic heterocycles. The zero-order valence-corrected chi connectivity index (χ0v) is 27.2. The third-order valence-electron chi connectivity index (χ3n) is 10.3. The molecule has 2 unspecified atom stereocenters. The van der Waals surface area contributed by atoms with Crippen LogP contribution in [0.3, 0.4) is 0 Å². The van der Waals surface area contributed by atoms with Gasteiger partial charge >= 0.3 is 12.6 Å². The van der Waals surface area contributed by atoms with Crippen LogP contribution in [0.5, 0.6) is 5.75 Å². The van der Waals surface area contributed by atoms with Crippen molar-refractivity contribution in [3.05, 3.63) is 107 Å². The van der Waals surface area contributed by atoms with E-state index in [0.29, 0.717) is 41.9 Å². The number of hydrogen-bond donors (Lipinski definition) is 1. The molecule has 0 saturated carbocycles. The Hall–Kier alpha value is -4.41. The van der Waals surface area contributed by atoms with Crippen LogP contribution < -0.4 is 4.74 Å². The number of carboxylic acid groups (broad SMARTS) is 1. The Labute approximate surface area is 278 Å². The van der Waals surface area contributed by atoms with Crippen molar-refractivity contribution in [2.75, 3.05) is 19.6 Å². The summed E-state index contributed by atoms with van der Waals surface area (Å²) in [7, 11) is 0. The number of fused-ring (bicyclic) bond motifs is 1. The fourth-order valence-electron chi connectivity index (χ4n) is 7.71. The molecule has 0 bridgehead atoms.